The number of hydrogen-bond acceptors (Lipinski definition) is 4. The fraction of sp³-hybridized carbons (Fsp3) is 0.412. The van der Waals surface area contributed by atoms with Crippen molar-refractivity contribution in [1.82, 2.24) is 4.72 Å². The summed E-state index contributed by atoms with van der Waals surface area (Å²) >= 11 is 0. The van der Waals surface area contributed by atoms with Crippen molar-refractivity contribution in [3.05, 3.63) is 47.9 Å². The molecule has 0 spiro atoms. The second-order valence-electron chi connectivity index (χ2n) is 5.83. The van der Waals surface area contributed by atoms with Crippen LogP contribution in [0.2, 0.25) is 0 Å². The Labute approximate surface area is 136 Å². The van der Waals surface area contributed by atoms with Gasteiger partial charge in [0.2, 0.25) is 10.0 Å². The minimum absolute atomic E-state index is 0.135. The lowest BCUT2D eigenvalue weighted by Crippen LogP contribution is -2.23. The molecule has 0 aliphatic heterocycles. The van der Waals surface area contributed by atoms with Gasteiger partial charge in [-0.15, -0.1) is 0 Å². The third kappa shape index (κ3) is 4.14. The Morgan fingerprint density at radius 3 is 2.43 bits per heavy atom. The van der Waals surface area contributed by atoms with Gasteiger partial charge in [-0.1, -0.05) is 0 Å². The van der Waals surface area contributed by atoms with Crippen LogP contribution < -0.4 is 9.46 Å². The number of nitrogens with one attached hydrogen (secondary N) is 1. The predicted octanol–water partition coefficient (Wildman–Crippen LogP) is 3.39. The van der Waals surface area contributed by atoms with Crippen LogP contribution in [-0.2, 0) is 16.6 Å². The summed E-state index contributed by atoms with van der Waals surface area (Å²) < 4.78 is 38.3. The summed E-state index contributed by atoms with van der Waals surface area (Å²) in [5.74, 6) is 2.07. The monoisotopic (exact) mass is 335 g/mol. The average molecular weight is 335 g/mol. The molecular formula is C17H21NO4S. The van der Waals surface area contributed by atoms with Gasteiger partial charge in [-0.3, -0.25) is 0 Å². The minimum Gasteiger partial charge on any atom is -0.490 e. The van der Waals surface area contributed by atoms with Gasteiger partial charge in [0.15, 0.2) is 0 Å². The number of rotatable bonds is 6. The molecule has 2 aromatic rings. The highest BCUT2D eigenvalue weighted by Gasteiger charge is 2.18. The third-order valence-corrected chi connectivity index (χ3v) is 5.39. The van der Waals surface area contributed by atoms with Gasteiger partial charge >= 0.3 is 0 Å². The average Bonchev–Trinajstić information content (AvgIpc) is 3.18. The van der Waals surface area contributed by atoms with Crippen LogP contribution in [-0.4, -0.2) is 14.5 Å². The van der Waals surface area contributed by atoms with Crippen molar-refractivity contribution in [2.75, 3.05) is 0 Å². The van der Waals surface area contributed by atoms with E-state index in [1.165, 1.54) is 12.8 Å². The molecule has 0 radical (unpaired) electrons. The highest BCUT2D eigenvalue weighted by molar-refractivity contribution is 7.89. The van der Waals surface area contributed by atoms with Gasteiger partial charge in [-0.2, -0.15) is 0 Å². The third-order valence-electron chi connectivity index (χ3n) is 3.97. The maximum Gasteiger partial charge on any atom is 0.240 e. The van der Waals surface area contributed by atoms with E-state index in [1.54, 1.807) is 36.4 Å². The molecule has 0 unspecified atom stereocenters. The van der Waals surface area contributed by atoms with Crippen LogP contribution in [0.1, 0.15) is 37.2 Å². The molecular weight excluding hydrogens is 314 g/mol. The molecule has 0 saturated heterocycles. The molecule has 1 heterocycles. The molecule has 0 amide bonds. The van der Waals surface area contributed by atoms with Gasteiger partial charge < -0.3 is 9.15 Å². The Morgan fingerprint density at radius 2 is 1.83 bits per heavy atom. The fourth-order valence-corrected chi connectivity index (χ4v) is 3.72. The van der Waals surface area contributed by atoms with Crippen LogP contribution in [0.15, 0.2) is 45.7 Å². The number of ether oxygens (including phenoxy) is 1. The topological polar surface area (TPSA) is 68.5 Å². The number of benzene rings is 1. The summed E-state index contributed by atoms with van der Waals surface area (Å²) in [6.45, 7) is 1.96. The fourth-order valence-electron chi connectivity index (χ4n) is 2.73. The molecule has 6 heteroatoms. The van der Waals surface area contributed by atoms with E-state index in [0.29, 0.717) is 5.76 Å². The Bertz CT molecular complexity index is 743. The molecule has 23 heavy (non-hydrogen) atoms. The Hall–Kier alpha value is -1.79. The maximum absolute atomic E-state index is 12.3. The molecule has 1 aromatic carbocycles. The van der Waals surface area contributed by atoms with Crippen LogP contribution in [0.5, 0.6) is 5.75 Å². The Balaban J connectivity index is 1.62. The van der Waals surface area contributed by atoms with Crippen molar-refractivity contribution < 1.29 is 17.6 Å². The number of furan rings is 1. The lowest BCUT2D eigenvalue weighted by atomic mass is 10.3. The number of hydrogen-bond donors (Lipinski definition) is 1. The van der Waals surface area contributed by atoms with Crippen LogP contribution in [0, 0.1) is 6.92 Å². The molecule has 3 rings (SSSR count). The lowest BCUT2D eigenvalue weighted by molar-refractivity contribution is 0.210. The van der Waals surface area contributed by atoms with Gasteiger partial charge in [0, 0.05) is 0 Å². The van der Waals surface area contributed by atoms with Crippen molar-refractivity contribution in [3.8, 4) is 5.75 Å². The summed E-state index contributed by atoms with van der Waals surface area (Å²) in [6, 6.07) is 10.1. The standard InChI is InChI=1S/C17H21NO4S/c1-13-6-7-16(21-13)12-18-23(19,20)17-10-8-15(9-11-17)22-14-4-2-3-5-14/h6-11,14,18H,2-5,12H2,1H3. The molecule has 1 saturated carbocycles. The van der Waals surface area contributed by atoms with Crippen LogP contribution in [0.4, 0.5) is 0 Å². The normalized spacial score (nSPS) is 15.9. The molecule has 0 atom stereocenters. The van der Waals surface area contributed by atoms with Crippen LogP contribution in [0.25, 0.3) is 0 Å². The molecule has 1 fully saturated rings. The summed E-state index contributed by atoms with van der Waals surface area (Å²) in [5.41, 5.74) is 0. The van der Waals surface area contributed by atoms with Crippen molar-refractivity contribution in [2.45, 2.75) is 50.2 Å². The summed E-state index contributed by atoms with van der Waals surface area (Å²) in [6.07, 6.45) is 4.81. The highest BCUT2D eigenvalue weighted by atomic mass is 32.2. The smallest absolute Gasteiger partial charge is 0.240 e. The molecule has 124 valence electrons. The zero-order chi connectivity index (χ0) is 16.3. The van der Waals surface area contributed by atoms with Crippen LogP contribution in [0.3, 0.4) is 0 Å². The SMILES string of the molecule is Cc1ccc(CNS(=O)(=O)c2ccc(OC3CCCC3)cc2)o1. The second-order valence-corrected chi connectivity index (χ2v) is 7.60. The first-order valence-corrected chi connectivity index (χ1v) is 9.33. The second kappa shape index (κ2) is 6.76. The predicted molar refractivity (Wildman–Crippen MR) is 86.8 cm³/mol. The first-order chi connectivity index (χ1) is 11.0. The van der Waals surface area contributed by atoms with Gasteiger partial charge in [0.1, 0.15) is 17.3 Å². The first-order valence-electron chi connectivity index (χ1n) is 7.85. The molecule has 0 bridgehead atoms. The van der Waals surface area contributed by atoms with Crippen LogP contribution >= 0.6 is 0 Å². The molecule has 1 aliphatic carbocycles. The van der Waals surface area contributed by atoms with Gasteiger partial charge in [-0.05, 0) is 69.0 Å². The summed E-state index contributed by atoms with van der Waals surface area (Å²) in [7, 11) is -3.56. The lowest BCUT2D eigenvalue weighted by Gasteiger charge is -2.13. The molecule has 1 aliphatic rings. The highest BCUT2D eigenvalue weighted by Crippen LogP contribution is 2.25. The molecule has 1 N–H and O–H groups in total. The van der Waals surface area contributed by atoms with E-state index in [-0.39, 0.29) is 17.5 Å². The molecule has 1 aromatic heterocycles. The van der Waals surface area contributed by atoms with Crippen molar-refractivity contribution in [2.24, 2.45) is 0 Å². The van der Waals surface area contributed by atoms with E-state index < -0.39 is 10.0 Å². The summed E-state index contributed by atoms with van der Waals surface area (Å²) in [4.78, 5) is 0.222. The van der Waals surface area contributed by atoms with E-state index >= 15 is 0 Å². The van der Waals surface area contributed by atoms with Gasteiger partial charge in [0.05, 0.1) is 17.5 Å². The summed E-state index contributed by atoms with van der Waals surface area (Å²) in [5, 5.41) is 0. The quantitative estimate of drug-likeness (QED) is 0.878. The van der Waals surface area contributed by atoms with Gasteiger partial charge in [0.25, 0.3) is 0 Å². The minimum atomic E-state index is -3.56. The number of sulfonamides is 1. The van der Waals surface area contributed by atoms with Gasteiger partial charge in [-0.25, -0.2) is 13.1 Å². The van der Waals surface area contributed by atoms with E-state index in [9.17, 15) is 8.42 Å². The van der Waals surface area contributed by atoms with Crippen molar-refractivity contribution >= 4 is 10.0 Å². The zero-order valence-electron chi connectivity index (χ0n) is 13.1. The largest absolute Gasteiger partial charge is 0.490 e. The van der Waals surface area contributed by atoms with Crippen molar-refractivity contribution in [1.29, 1.82) is 0 Å². The molecule has 5 nitrogen and oxygen atoms in total. The zero-order valence-corrected chi connectivity index (χ0v) is 13.9. The van der Waals surface area contributed by atoms with E-state index in [1.807, 2.05) is 6.92 Å². The van der Waals surface area contributed by atoms with E-state index in [2.05, 4.69) is 4.72 Å². The first kappa shape index (κ1) is 16.1. The Morgan fingerprint density at radius 1 is 1.13 bits per heavy atom. The van der Waals surface area contributed by atoms with E-state index in [4.69, 9.17) is 9.15 Å². The Kier molecular flexibility index (Phi) is 4.73. The number of aryl methyl sites for hydroxylation is 1. The maximum atomic E-state index is 12.3. The van der Waals surface area contributed by atoms with E-state index in [0.717, 1.165) is 24.4 Å². The van der Waals surface area contributed by atoms with Crippen molar-refractivity contribution in [3.63, 3.8) is 0 Å².